The molecule has 1 nitrogen and oxygen atoms in total. The molecule has 0 aliphatic heterocycles. The molecule has 49 valence electrons. The van der Waals surface area contributed by atoms with Crippen molar-refractivity contribution in [2.75, 3.05) is 0 Å². The molecule has 1 rings (SSSR count). The van der Waals surface area contributed by atoms with Gasteiger partial charge in [-0.2, -0.15) is 5.26 Å². The molecule has 0 aliphatic rings. The number of aryl methyl sites for hydroxylation is 2. The van der Waals surface area contributed by atoms with Crippen LogP contribution in [-0.4, -0.2) is 0 Å². The topological polar surface area (TPSA) is 23.8 Å². The molecule has 0 amide bonds. The molecular weight excluding hydrogens is 122 g/mol. The number of rotatable bonds is 0. The summed E-state index contributed by atoms with van der Waals surface area (Å²) in [5.41, 5.74) is 2.73. The molecule has 0 spiro atoms. The Morgan fingerprint density at radius 2 is 2.10 bits per heavy atom. The van der Waals surface area contributed by atoms with Crippen molar-refractivity contribution < 1.29 is 0 Å². The van der Waals surface area contributed by atoms with Crippen molar-refractivity contribution in [1.29, 1.82) is 5.26 Å². The fourth-order valence-electron chi connectivity index (χ4n) is 0.859. The highest BCUT2D eigenvalue weighted by molar-refractivity contribution is 5.37. The van der Waals surface area contributed by atoms with Crippen LogP contribution in [0.2, 0.25) is 0 Å². The van der Waals surface area contributed by atoms with Crippen LogP contribution in [0.1, 0.15) is 16.7 Å². The number of hydrogen-bond acceptors (Lipinski definition) is 1. The molecule has 0 heterocycles. The van der Waals surface area contributed by atoms with E-state index in [1.807, 2.05) is 26.0 Å². The van der Waals surface area contributed by atoms with Gasteiger partial charge in [-0.25, -0.2) is 0 Å². The van der Waals surface area contributed by atoms with Crippen LogP contribution in [0.25, 0.3) is 0 Å². The minimum Gasteiger partial charge on any atom is -0.192 e. The summed E-state index contributed by atoms with van der Waals surface area (Å²) in [6.45, 7) is 3.86. The van der Waals surface area contributed by atoms with Crippen molar-refractivity contribution in [2.24, 2.45) is 0 Å². The van der Waals surface area contributed by atoms with Crippen LogP contribution in [0.15, 0.2) is 12.1 Å². The maximum absolute atomic E-state index is 8.54. The molecule has 1 heteroatoms. The summed E-state index contributed by atoms with van der Waals surface area (Å²) < 4.78 is 0. The lowest BCUT2D eigenvalue weighted by Crippen LogP contribution is -1.82. The van der Waals surface area contributed by atoms with Gasteiger partial charge < -0.3 is 0 Å². The Morgan fingerprint density at radius 3 is 2.60 bits per heavy atom. The highest BCUT2D eigenvalue weighted by atomic mass is 14.2. The Hall–Kier alpha value is -1.29. The van der Waals surface area contributed by atoms with E-state index in [1.54, 1.807) is 0 Å². The van der Waals surface area contributed by atoms with E-state index in [0.29, 0.717) is 5.56 Å². The van der Waals surface area contributed by atoms with Gasteiger partial charge in [0.25, 0.3) is 0 Å². The largest absolute Gasteiger partial charge is 0.192 e. The average molecular weight is 130 g/mol. The molecule has 0 saturated heterocycles. The number of nitriles is 1. The minimum atomic E-state index is 0.714. The second-order valence-electron chi connectivity index (χ2n) is 2.29. The Balaban J connectivity index is 3.23. The third kappa shape index (κ3) is 1.16. The van der Waals surface area contributed by atoms with Crippen LogP contribution in [0.5, 0.6) is 0 Å². The van der Waals surface area contributed by atoms with Gasteiger partial charge in [0.15, 0.2) is 0 Å². The molecule has 0 atom stereocenters. The molecular formula is C9H8N. The zero-order valence-corrected chi connectivity index (χ0v) is 6.10. The molecule has 1 aromatic rings. The summed E-state index contributed by atoms with van der Waals surface area (Å²) in [6, 6.07) is 8.87. The third-order valence-corrected chi connectivity index (χ3v) is 1.41. The van der Waals surface area contributed by atoms with Crippen molar-refractivity contribution in [1.82, 2.24) is 0 Å². The first-order valence-electron chi connectivity index (χ1n) is 3.13. The van der Waals surface area contributed by atoms with E-state index >= 15 is 0 Å². The lowest BCUT2D eigenvalue weighted by Gasteiger charge is -1.95. The summed E-state index contributed by atoms with van der Waals surface area (Å²) in [7, 11) is 0. The van der Waals surface area contributed by atoms with Crippen LogP contribution < -0.4 is 0 Å². The highest BCUT2D eigenvalue weighted by Crippen LogP contribution is 2.07. The van der Waals surface area contributed by atoms with Crippen molar-refractivity contribution >= 4 is 0 Å². The van der Waals surface area contributed by atoms with E-state index in [-0.39, 0.29) is 0 Å². The summed E-state index contributed by atoms with van der Waals surface area (Å²) in [4.78, 5) is 0. The van der Waals surface area contributed by atoms with E-state index < -0.39 is 0 Å². The molecule has 1 radical (unpaired) electrons. The summed E-state index contributed by atoms with van der Waals surface area (Å²) in [5, 5.41) is 8.54. The highest BCUT2D eigenvalue weighted by Gasteiger charge is 1.94. The number of benzene rings is 1. The fourth-order valence-corrected chi connectivity index (χ4v) is 0.859. The van der Waals surface area contributed by atoms with Gasteiger partial charge in [0.05, 0.1) is 11.6 Å². The standard InChI is InChI=1S/C9H8N/c1-7-3-4-9(6-10)8(2)5-7/h3-4H,1-2H3. The molecule has 0 N–H and O–H groups in total. The molecule has 10 heavy (non-hydrogen) atoms. The minimum absolute atomic E-state index is 0.714. The lowest BCUT2D eigenvalue weighted by molar-refractivity contribution is 1.33. The van der Waals surface area contributed by atoms with Crippen molar-refractivity contribution in [3.8, 4) is 6.07 Å². The Labute approximate surface area is 60.9 Å². The first-order valence-corrected chi connectivity index (χ1v) is 3.13. The molecule has 0 bridgehead atoms. The van der Waals surface area contributed by atoms with E-state index in [4.69, 9.17) is 5.26 Å². The maximum atomic E-state index is 8.54. The lowest BCUT2D eigenvalue weighted by atomic mass is 10.1. The van der Waals surface area contributed by atoms with E-state index in [1.165, 1.54) is 0 Å². The van der Waals surface area contributed by atoms with Crippen LogP contribution >= 0.6 is 0 Å². The van der Waals surface area contributed by atoms with Crippen LogP contribution in [0, 0.1) is 31.2 Å². The van der Waals surface area contributed by atoms with Gasteiger partial charge in [-0.3, -0.25) is 0 Å². The number of nitrogens with zero attached hydrogens (tertiary/aromatic N) is 1. The first-order chi connectivity index (χ1) is 4.74. The Bertz CT molecular complexity index is 281. The summed E-state index contributed by atoms with van der Waals surface area (Å²) in [6.07, 6.45) is 0. The zero-order valence-electron chi connectivity index (χ0n) is 6.10. The second-order valence-corrected chi connectivity index (χ2v) is 2.29. The molecule has 0 aromatic heterocycles. The molecule has 0 fully saturated rings. The maximum Gasteiger partial charge on any atom is 0.0994 e. The predicted octanol–water partition coefficient (Wildman–Crippen LogP) is 1.98. The van der Waals surface area contributed by atoms with E-state index in [9.17, 15) is 0 Å². The molecule has 0 unspecified atom stereocenters. The Kier molecular flexibility index (Phi) is 1.73. The van der Waals surface area contributed by atoms with E-state index in [0.717, 1.165) is 11.1 Å². The van der Waals surface area contributed by atoms with Crippen LogP contribution in [-0.2, 0) is 0 Å². The third-order valence-electron chi connectivity index (χ3n) is 1.41. The fraction of sp³-hybridized carbons (Fsp3) is 0.222. The monoisotopic (exact) mass is 130 g/mol. The van der Waals surface area contributed by atoms with Gasteiger partial charge >= 0.3 is 0 Å². The summed E-state index contributed by atoms with van der Waals surface area (Å²) >= 11 is 0. The zero-order chi connectivity index (χ0) is 7.56. The second kappa shape index (κ2) is 2.53. The smallest absolute Gasteiger partial charge is 0.0994 e. The van der Waals surface area contributed by atoms with Crippen LogP contribution in [0.3, 0.4) is 0 Å². The predicted molar refractivity (Wildman–Crippen MR) is 39.5 cm³/mol. The van der Waals surface area contributed by atoms with Crippen molar-refractivity contribution in [3.05, 3.63) is 34.9 Å². The normalized spacial score (nSPS) is 8.90. The van der Waals surface area contributed by atoms with Crippen molar-refractivity contribution in [2.45, 2.75) is 13.8 Å². The van der Waals surface area contributed by atoms with Gasteiger partial charge in [0.2, 0.25) is 0 Å². The van der Waals surface area contributed by atoms with Crippen LogP contribution in [0.4, 0.5) is 0 Å². The van der Waals surface area contributed by atoms with Gasteiger partial charge in [0.1, 0.15) is 0 Å². The van der Waals surface area contributed by atoms with Gasteiger partial charge in [-0.1, -0.05) is 6.07 Å². The molecule has 0 aliphatic carbocycles. The van der Waals surface area contributed by atoms with E-state index in [2.05, 4.69) is 12.1 Å². The molecule has 1 aromatic carbocycles. The summed E-state index contributed by atoms with van der Waals surface area (Å²) in [5.74, 6) is 0. The van der Waals surface area contributed by atoms with Gasteiger partial charge in [-0.05, 0) is 37.1 Å². The van der Waals surface area contributed by atoms with Crippen molar-refractivity contribution in [3.63, 3.8) is 0 Å². The SMILES string of the molecule is Cc1[c]c(C)c(C#N)cc1. The Morgan fingerprint density at radius 1 is 1.40 bits per heavy atom. The molecule has 0 saturated carbocycles. The van der Waals surface area contributed by atoms with Gasteiger partial charge in [0, 0.05) is 0 Å². The number of hydrogen-bond donors (Lipinski definition) is 0. The quantitative estimate of drug-likeness (QED) is 0.526. The average Bonchev–Trinajstić information content (AvgIpc) is 1.88. The van der Waals surface area contributed by atoms with Gasteiger partial charge in [-0.15, -0.1) is 0 Å². The first kappa shape index (κ1) is 6.82.